The second kappa shape index (κ2) is 8.31. The zero-order valence-electron chi connectivity index (χ0n) is 11.8. The maximum Gasteiger partial charge on any atom is 0.387 e. The van der Waals surface area contributed by atoms with E-state index in [1.54, 1.807) is 25.1 Å². The van der Waals surface area contributed by atoms with Crippen LogP contribution in [-0.4, -0.2) is 24.0 Å². The van der Waals surface area contributed by atoms with Crippen molar-refractivity contribution in [3.8, 4) is 5.75 Å². The van der Waals surface area contributed by atoms with Crippen LogP contribution in [0.5, 0.6) is 5.75 Å². The van der Waals surface area contributed by atoms with Gasteiger partial charge in [-0.15, -0.1) is 6.58 Å². The van der Waals surface area contributed by atoms with Gasteiger partial charge in [0.1, 0.15) is 5.75 Å². The highest BCUT2D eigenvalue weighted by atomic mass is 32.1. The van der Waals surface area contributed by atoms with Gasteiger partial charge >= 0.3 is 6.61 Å². The standard InChI is InChI=1S/C14H17F2N3OS/c1-4-7-17-14(21)19-18-10(3)11-8-9(2)5-6-12(11)20-13(15)16/h4-6,8,13H,1,7H2,2-3H3,(H2,17,19,21)/b18-10-. The molecule has 1 aromatic rings. The number of thiocarbonyl (C=S) groups is 1. The lowest BCUT2D eigenvalue weighted by molar-refractivity contribution is -0.0499. The average Bonchev–Trinajstić information content (AvgIpc) is 2.43. The number of hydrogen-bond acceptors (Lipinski definition) is 3. The molecule has 0 bridgehead atoms. The third-order valence-electron chi connectivity index (χ3n) is 2.47. The quantitative estimate of drug-likeness (QED) is 0.367. The number of alkyl halides is 2. The summed E-state index contributed by atoms with van der Waals surface area (Å²) in [5.41, 5.74) is 4.51. The third kappa shape index (κ3) is 5.86. The molecule has 0 aliphatic heterocycles. The fourth-order valence-corrected chi connectivity index (χ4v) is 1.65. The summed E-state index contributed by atoms with van der Waals surface area (Å²) in [4.78, 5) is 0. The van der Waals surface area contributed by atoms with Crippen molar-refractivity contribution in [3.63, 3.8) is 0 Å². The van der Waals surface area contributed by atoms with E-state index in [1.165, 1.54) is 6.07 Å². The van der Waals surface area contributed by atoms with E-state index in [9.17, 15) is 8.78 Å². The highest BCUT2D eigenvalue weighted by Crippen LogP contribution is 2.22. The molecule has 1 aromatic carbocycles. The van der Waals surface area contributed by atoms with E-state index in [2.05, 4.69) is 27.2 Å². The molecule has 0 unspecified atom stereocenters. The lowest BCUT2D eigenvalue weighted by Gasteiger charge is -2.12. The van der Waals surface area contributed by atoms with Gasteiger partial charge in [0.25, 0.3) is 0 Å². The minimum Gasteiger partial charge on any atom is -0.434 e. The molecule has 0 aromatic heterocycles. The van der Waals surface area contributed by atoms with Crippen molar-refractivity contribution in [2.24, 2.45) is 5.10 Å². The molecule has 4 nitrogen and oxygen atoms in total. The lowest BCUT2D eigenvalue weighted by atomic mass is 10.1. The highest BCUT2D eigenvalue weighted by Gasteiger charge is 2.12. The van der Waals surface area contributed by atoms with Crippen molar-refractivity contribution < 1.29 is 13.5 Å². The van der Waals surface area contributed by atoms with Gasteiger partial charge in [-0.05, 0) is 38.2 Å². The number of benzene rings is 1. The largest absolute Gasteiger partial charge is 0.434 e. The second-order valence-corrected chi connectivity index (χ2v) is 4.59. The van der Waals surface area contributed by atoms with Crippen LogP contribution in [0.25, 0.3) is 0 Å². The molecular formula is C14H17F2N3OS. The fourth-order valence-electron chi connectivity index (χ4n) is 1.52. The summed E-state index contributed by atoms with van der Waals surface area (Å²) in [5, 5.41) is 7.22. The monoisotopic (exact) mass is 313 g/mol. The minimum atomic E-state index is -2.89. The molecular weight excluding hydrogens is 296 g/mol. The SMILES string of the molecule is C=CCNC(=S)N/N=C(/C)c1cc(C)ccc1OC(F)F. The van der Waals surface area contributed by atoms with Crippen molar-refractivity contribution in [3.05, 3.63) is 42.0 Å². The first-order valence-corrected chi connectivity index (χ1v) is 6.59. The third-order valence-corrected chi connectivity index (χ3v) is 2.71. The Labute approximate surface area is 127 Å². The van der Waals surface area contributed by atoms with E-state index < -0.39 is 6.61 Å². The van der Waals surface area contributed by atoms with Crippen LogP contribution in [-0.2, 0) is 0 Å². The molecule has 7 heteroatoms. The van der Waals surface area contributed by atoms with Crippen molar-refractivity contribution >= 4 is 23.0 Å². The zero-order chi connectivity index (χ0) is 15.8. The number of nitrogens with one attached hydrogen (secondary N) is 2. The van der Waals surface area contributed by atoms with Gasteiger partial charge in [0.05, 0.1) is 5.71 Å². The Morgan fingerprint density at radius 1 is 1.52 bits per heavy atom. The molecule has 0 spiro atoms. The van der Waals surface area contributed by atoms with Crippen LogP contribution in [0.2, 0.25) is 0 Å². The predicted molar refractivity (Wildman–Crippen MR) is 84.0 cm³/mol. The molecule has 114 valence electrons. The Kier molecular flexibility index (Phi) is 6.74. The number of hydrazone groups is 1. The summed E-state index contributed by atoms with van der Waals surface area (Å²) in [7, 11) is 0. The van der Waals surface area contributed by atoms with Crippen LogP contribution in [0.1, 0.15) is 18.1 Å². The molecule has 0 radical (unpaired) electrons. The summed E-state index contributed by atoms with van der Waals surface area (Å²) in [5.74, 6) is 0.0728. The van der Waals surface area contributed by atoms with E-state index in [0.29, 0.717) is 22.9 Å². The van der Waals surface area contributed by atoms with Gasteiger partial charge in [0.15, 0.2) is 5.11 Å². The van der Waals surface area contributed by atoms with Crippen molar-refractivity contribution in [2.45, 2.75) is 20.5 Å². The Bertz CT molecular complexity index is 547. The van der Waals surface area contributed by atoms with Gasteiger partial charge in [-0.2, -0.15) is 13.9 Å². The van der Waals surface area contributed by atoms with Crippen molar-refractivity contribution in [1.29, 1.82) is 0 Å². The summed E-state index contributed by atoms with van der Waals surface area (Å²) < 4.78 is 29.3. The Morgan fingerprint density at radius 3 is 2.86 bits per heavy atom. The molecule has 0 saturated carbocycles. The van der Waals surface area contributed by atoms with Gasteiger partial charge in [-0.1, -0.05) is 17.7 Å². The molecule has 0 aliphatic rings. The molecule has 0 aliphatic carbocycles. The molecule has 21 heavy (non-hydrogen) atoms. The number of nitrogens with zero attached hydrogens (tertiary/aromatic N) is 1. The van der Waals surface area contributed by atoms with Crippen molar-refractivity contribution in [1.82, 2.24) is 10.7 Å². The first kappa shape index (κ1) is 17.0. The molecule has 2 N–H and O–H groups in total. The van der Waals surface area contributed by atoms with E-state index in [0.717, 1.165) is 5.56 Å². The van der Waals surface area contributed by atoms with Crippen LogP contribution in [0.15, 0.2) is 36.0 Å². The predicted octanol–water partition coefficient (Wildman–Crippen LogP) is 2.97. The molecule has 0 heterocycles. The summed E-state index contributed by atoms with van der Waals surface area (Å²) in [6, 6.07) is 4.90. The number of hydrogen-bond donors (Lipinski definition) is 2. The highest BCUT2D eigenvalue weighted by molar-refractivity contribution is 7.80. The van der Waals surface area contributed by atoms with Gasteiger partial charge in [0.2, 0.25) is 0 Å². The summed E-state index contributed by atoms with van der Waals surface area (Å²) >= 11 is 4.99. The molecule has 1 rings (SSSR count). The maximum absolute atomic E-state index is 12.4. The maximum atomic E-state index is 12.4. The van der Waals surface area contributed by atoms with Crippen molar-refractivity contribution in [2.75, 3.05) is 6.54 Å². The molecule has 0 saturated heterocycles. The first-order chi connectivity index (χ1) is 9.93. The van der Waals surface area contributed by atoms with Gasteiger partial charge in [0, 0.05) is 12.1 Å². The molecule has 0 amide bonds. The lowest BCUT2D eigenvalue weighted by Crippen LogP contribution is -2.32. The number of halogens is 2. The van der Waals surface area contributed by atoms with Crippen LogP contribution in [0.4, 0.5) is 8.78 Å². The summed E-state index contributed by atoms with van der Waals surface area (Å²) in [6.45, 7) is 4.70. The van der Waals surface area contributed by atoms with Crippen LogP contribution in [0.3, 0.4) is 0 Å². The van der Waals surface area contributed by atoms with Crippen LogP contribution < -0.4 is 15.5 Å². The molecule has 0 fully saturated rings. The zero-order valence-corrected chi connectivity index (χ0v) is 12.6. The Hall–Kier alpha value is -2.02. The Morgan fingerprint density at radius 2 is 2.24 bits per heavy atom. The van der Waals surface area contributed by atoms with E-state index in [4.69, 9.17) is 12.2 Å². The molecule has 0 atom stereocenters. The van der Waals surface area contributed by atoms with Crippen LogP contribution >= 0.6 is 12.2 Å². The Balaban J connectivity index is 2.89. The van der Waals surface area contributed by atoms with E-state index >= 15 is 0 Å². The fraction of sp³-hybridized carbons (Fsp3) is 0.286. The number of ether oxygens (including phenoxy) is 1. The summed E-state index contributed by atoms with van der Waals surface area (Å²) in [6.07, 6.45) is 1.65. The number of aryl methyl sites for hydroxylation is 1. The second-order valence-electron chi connectivity index (χ2n) is 4.19. The average molecular weight is 313 g/mol. The normalized spacial score (nSPS) is 11.2. The first-order valence-electron chi connectivity index (χ1n) is 6.19. The van der Waals surface area contributed by atoms with Gasteiger partial charge in [-0.25, -0.2) is 0 Å². The number of rotatable bonds is 6. The minimum absolute atomic E-state index is 0.0728. The van der Waals surface area contributed by atoms with Gasteiger partial charge in [-0.3, -0.25) is 5.43 Å². The smallest absolute Gasteiger partial charge is 0.387 e. The topological polar surface area (TPSA) is 45.7 Å². The van der Waals surface area contributed by atoms with E-state index in [1.807, 2.05) is 6.92 Å². The van der Waals surface area contributed by atoms with Gasteiger partial charge < -0.3 is 10.1 Å². The van der Waals surface area contributed by atoms with Crippen LogP contribution in [0, 0.1) is 6.92 Å². The van der Waals surface area contributed by atoms with E-state index in [-0.39, 0.29) is 5.75 Å².